The van der Waals surface area contributed by atoms with Crippen molar-refractivity contribution in [3.05, 3.63) is 59.2 Å². The van der Waals surface area contributed by atoms with Crippen LogP contribution in [0.1, 0.15) is 26.3 Å². The zero-order valence-electron chi connectivity index (χ0n) is 16.0. The number of amides is 1. The van der Waals surface area contributed by atoms with E-state index in [1.54, 1.807) is 24.3 Å². The number of carboxylic acids is 1. The molecule has 0 spiro atoms. The number of carbonyl (C=O) groups is 2. The van der Waals surface area contributed by atoms with E-state index in [1.165, 1.54) is 6.07 Å². The lowest BCUT2D eigenvalue weighted by atomic mass is 10.1. The summed E-state index contributed by atoms with van der Waals surface area (Å²) in [5.41, 5.74) is 2.59. The molecule has 1 aliphatic rings. The minimum Gasteiger partial charge on any atom is -0.478 e. The summed E-state index contributed by atoms with van der Waals surface area (Å²) in [7, 11) is 1.81. The maximum Gasteiger partial charge on any atom is 0.337 e. The summed E-state index contributed by atoms with van der Waals surface area (Å²) in [5.74, 6) is -1.34. The standard InChI is InChI=1S/C21H24N2O5/c1-14-4-3-5-15(10-14)20(24)22-16-6-7-19(18(11-16)21(25)26)23(2)12-17-13-27-8-9-28-17/h3-7,10-11,17H,8-9,12-13H2,1-2H3,(H,22,24)(H,25,26). The van der Waals surface area contributed by atoms with Gasteiger partial charge in [-0.25, -0.2) is 4.79 Å². The van der Waals surface area contributed by atoms with Gasteiger partial charge in [0.05, 0.1) is 37.2 Å². The highest BCUT2D eigenvalue weighted by molar-refractivity contribution is 6.05. The van der Waals surface area contributed by atoms with Crippen molar-refractivity contribution in [2.75, 3.05) is 43.6 Å². The van der Waals surface area contributed by atoms with Crippen molar-refractivity contribution in [2.24, 2.45) is 0 Å². The van der Waals surface area contributed by atoms with Gasteiger partial charge in [-0.15, -0.1) is 0 Å². The van der Waals surface area contributed by atoms with Gasteiger partial charge in [-0.2, -0.15) is 0 Å². The minimum absolute atomic E-state index is 0.110. The number of hydrogen-bond acceptors (Lipinski definition) is 5. The Hall–Kier alpha value is -2.90. The molecule has 3 rings (SSSR count). The van der Waals surface area contributed by atoms with Crippen molar-refractivity contribution in [1.82, 2.24) is 0 Å². The second-order valence-electron chi connectivity index (χ2n) is 6.81. The van der Waals surface area contributed by atoms with E-state index in [1.807, 2.05) is 31.0 Å². The van der Waals surface area contributed by atoms with E-state index in [0.717, 1.165) is 5.56 Å². The molecule has 1 heterocycles. The van der Waals surface area contributed by atoms with Gasteiger partial charge in [-0.3, -0.25) is 4.79 Å². The van der Waals surface area contributed by atoms with Gasteiger partial charge in [0, 0.05) is 24.8 Å². The minimum atomic E-state index is -1.06. The molecule has 1 fully saturated rings. The molecular weight excluding hydrogens is 360 g/mol. The van der Waals surface area contributed by atoms with Gasteiger partial charge in [-0.05, 0) is 37.3 Å². The number of aryl methyl sites for hydroxylation is 1. The molecule has 0 saturated carbocycles. The van der Waals surface area contributed by atoms with E-state index in [4.69, 9.17) is 9.47 Å². The van der Waals surface area contributed by atoms with E-state index in [0.29, 0.717) is 43.3 Å². The number of nitrogens with zero attached hydrogens (tertiary/aromatic N) is 1. The molecule has 2 aromatic rings. The summed E-state index contributed by atoms with van der Waals surface area (Å²) in [6.07, 6.45) is -0.110. The topological polar surface area (TPSA) is 88.1 Å². The van der Waals surface area contributed by atoms with Crippen LogP contribution in [0.4, 0.5) is 11.4 Å². The van der Waals surface area contributed by atoms with Gasteiger partial charge < -0.3 is 24.8 Å². The van der Waals surface area contributed by atoms with Crippen LogP contribution in [0.5, 0.6) is 0 Å². The second-order valence-corrected chi connectivity index (χ2v) is 6.81. The Kier molecular flexibility index (Phi) is 6.28. The Morgan fingerprint density at radius 2 is 2.04 bits per heavy atom. The maximum atomic E-state index is 12.4. The van der Waals surface area contributed by atoms with E-state index in [9.17, 15) is 14.7 Å². The number of ether oxygens (including phenoxy) is 2. The largest absolute Gasteiger partial charge is 0.478 e. The Morgan fingerprint density at radius 3 is 2.71 bits per heavy atom. The molecule has 2 aromatic carbocycles. The second kappa shape index (κ2) is 8.86. The Labute approximate surface area is 163 Å². The average Bonchev–Trinajstić information content (AvgIpc) is 2.68. The van der Waals surface area contributed by atoms with Crippen LogP contribution in [0.3, 0.4) is 0 Å². The van der Waals surface area contributed by atoms with Crippen LogP contribution in [-0.4, -0.2) is 56.5 Å². The van der Waals surface area contributed by atoms with Crippen LogP contribution >= 0.6 is 0 Å². The first kappa shape index (κ1) is 19.9. The van der Waals surface area contributed by atoms with Crippen molar-refractivity contribution >= 4 is 23.3 Å². The molecular formula is C21H24N2O5. The van der Waals surface area contributed by atoms with Gasteiger partial charge in [0.2, 0.25) is 0 Å². The molecule has 7 nitrogen and oxygen atoms in total. The normalized spacial score (nSPS) is 16.4. The van der Waals surface area contributed by atoms with Crippen LogP contribution in [0.15, 0.2) is 42.5 Å². The number of carbonyl (C=O) groups excluding carboxylic acids is 1. The summed E-state index contributed by atoms with van der Waals surface area (Å²) in [6, 6.07) is 12.1. The van der Waals surface area contributed by atoms with Crippen LogP contribution in [-0.2, 0) is 9.47 Å². The molecule has 1 unspecified atom stereocenters. The third-order valence-electron chi connectivity index (χ3n) is 4.54. The predicted octanol–water partition coefficient (Wildman–Crippen LogP) is 2.80. The van der Waals surface area contributed by atoms with Crippen LogP contribution in [0.25, 0.3) is 0 Å². The van der Waals surface area contributed by atoms with Crippen LogP contribution < -0.4 is 10.2 Å². The lowest BCUT2D eigenvalue weighted by Gasteiger charge is -2.29. The smallest absolute Gasteiger partial charge is 0.337 e. The molecule has 0 aromatic heterocycles. The summed E-state index contributed by atoms with van der Waals surface area (Å²) < 4.78 is 11.0. The SMILES string of the molecule is Cc1cccc(C(=O)Nc2ccc(N(C)CC3COCCO3)c(C(=O)O)c2)c1. The van der Waals surface area contributed by atoms with E-state index < -0.39 is 5.97 Å². The Balaban J connectivity index is 1.76. The summed E-state index contributed by atoms with van der Waals surface area (Å²) >= 11 is 0. The van der Waals surface area contributed by atoms with Crippen LogP contribution in [0.2, 0.25) is 0 Å². The van der Waals surface area contributed by atoms with E-state index in [2.05, 4.69) is 5.32 Å². The average molecular weight is 384 g/mol. The van der Waals surface area contributed by atoms with Gasteiger partial charge in [-0.1, -0.05) is 17.7 Å². The monoisotopic (exact) mass is 384 g/mol. The fourth-order valence-electron chi connectivity index (χ4n) is 3.15. The van der Waals surface area contributed by atoms with Gasteiger partial charge in [0.25, 0.3) is 5.91 Å². The van der Waals surface area contributed by atoms with Crippen molar-refractivity contribution in [3.8, 4) is 0 Å². The summed E-state index contributed by atoms with van der Waals surface area (Å²) in [4.78, 5) is 26.0. The third kappa shape index (κ3) is 4.88. The first-order chi connectivity index (χ1) is 13.4. The fourth-order valence-corrected chi connectivity index (χ4v) is 3.15. The zero-order chi connectivity index (χ0) is 20.1. The number of aromatic carboxylic acids is 1. The number of hydrogen-bond donors (Lipinski definition) is 2. The molecule has 1 saturated heterocycles. The van der Waals surface area contributed by atoms with Gasteiger partial charge >= 0.3 is 5.97 Å². The van der Waals surface area contributed by atoms with Gasteiger partial charge in [0.15, 0.2) is 0 Å². The number of rotatable bonds is 6. The first-order valence-electron chi connectivity index (χ1n) is 9.10. The predicted molar refractivity (Wildman–Crippen MR) is 106 cm³/mol. The Morgan fingerprint density at radius 1 is 1.21 bits per heavy atom. The Bertz CT molecular complexity index is 862. The molecule has 0 bridgehead atoms. The zero-order valence-corrected chi connectivity index (χ0v) is 16.0. The quantitative estimate of drug-likeness (QED) is 0.796. The van der Waals surface area contributed by atoms with Crippen molar-refractivity contribution in [3.63, 3.8) is 0 Å². The molecule has 1 amide bonds. The molecule has 0 radical (unpaired) electrons. The molecule has 148 valence electrons. The van der Waals surface area contributed by atoms with Crippen molar-refractivity contribution in [1.29, 1.82) is 0 Å². The number of anilines is 2. The van der Waals surface area contributed by atoms with E-state index >= 15 is 0 Å². The highest BCUT2D eigenvalue weighted by atomic mass is 16.6. The lowest BCUT2D eigenvalue weighted by Crippen LogP contribution is -2.38. The molecule has 7 heteroatoms. The van der Waals surface area contributed by atoms with Gasteiger partial charge in [0.1, 0.15) is 0 Å². The number of likely N-dealkylation sites (N-methyl/N-ethyl adjacent to an activating group) is 1. The molecule has 1 aliphatic heterocycles. The lowest BCUT2D eigenvalue weighted by molar-refractivity contribution is -0.0837. The highest BCUT2D eigenvalue weighted by Crippen LogP contribution is 2.25. The fraction of sp³-hybridized carbons (Fsp3) is 0.333. The molecule has 28 heavy (non-hydrogen) atoms. The number of carboxylic acid groups (broad SMARTS) is 1. The molecule has 2 N–H and O–H groups in total. The van der Waals surface area contributed by atoms with Crippen molar-refractivity contribution in [2.45, 2.75) is 13.0 Å². The molecule has 0 aliphatic carbocycles. The van der Waals surface area contributed by atoms with E-state index in [-0.39, 0.29) is 17.6 Å². The first-order valence-corrected chi connectivity index (χ1v) is 9.10. The van der Waals surface area contributed by atoms with Crippen molar-refractivity contribution < 1.29 is 24.2 Å². The maximum absolute atomic E-state index is 12.4. The van der Waals surface area contributed by atoms with Crippen LogP contribution in [0, 0.1) is 6.92 Å². The summed E-state index contributed by atoms with van der Waals surface area (Å²) in [5, 5.41) is 12.4. The number of nitrogens with one attached hydrogen (secondary N) is 1. The summed E-state index contributed by atoms with van der Waals surface area (Å²) in [6.45, 7) is 4.02. The number of benzene rings is 2. The third-order valence-corrected chi connectivity index (χ3v) is 4.54. The highest BCUT2D eigenvalue weighted by Gasteiger charge is 2.20. The molecule has 1 atom stereocenters.